The van der Waals surface area contributed by atoms with Crippen LogP contribution in [0.15, 0.2) is 18.2 Å². The zero-order valence-corrected chi connectivity index (χ0v) is 13.7. The lowest BCUT2D eigenvalue weighted by Gasteiger charge is -2.29. The van der Waals surface area contributed by atoms with Crippen LogP contribution in [0.1, 0.15) is 25.3 Å². The highest BCUT2D eigenvalue weighted by atomic mass is 35.5. The molecule has 0 aromatic heterocycles. The highest BCUT2D eigenvalue weighted by molar-refractivity contribution is 7.80. The van der Waals surface area contributed by atoms with E-state index in [1.54, 1.807) is 4.90 Å². The van der Waals surface area contributed by atoms with Crippen molar-refractivity contribution in [1.82, 2.24) is 5.32 Å². The molecule has 0 atom stereocenters. The van der Waals surface area contributed by atoms with E-state index in [-0.39, 0.29) is 0 Å². The SMILES string of the molecule is CC[NH+]1CCC(NC(=S)Nc2cccc(Cl)c2C)CC1. The fourth-order valence-corrected chi connectivity index (χ4v) is 3.06. The first-order chi connectivity index (χ1) is 9.60. The van der Waals surface area contributed by atoms with E-state index in [1.165, 1.54) is 32.5 Å². The van der Waals surface area contributed by atoms with E-state index < -0.39 is 0 Å². The van der Waals surface area contributed by atoms with Gasteiger partial charge < -0.3 is 15.5 Å². The summed E-state index contributed by atoms with van der Waals surface area (Å²) in [6.45, 7) is 7.92. The van der Waals surface area contributed by atoms with E-state index in [2.05, 4.69) is 17.6 Å². The van der Waals surface area contributed by atoms with Gasteiger partial charge in [-0.3, -0.25) is 0 Å². The van der Waals surface area contributed by atoms with Crippen molar-refractivity contribution >= 4 is 34.6 Å². The van der Waals surface area contributed by atoms with E-state index >= 15 is 0 Å². The topological polar surface area (TPSA) is 28.5 Å². The number of benzene rings is 1. The zero-order valence-electron chi connectivity index (χ0n) is 12.1. The van der Waals surface area contributed by atoms with Crippen LogP contribution in [0.25, 0.3) is 0 Å². The molecule has 20 heavy (non-hydrogen) atoms. The normalized spacial score (nSPS) is 22.4. The number of piperidine rings is 1. The van der Waals surface area contributed by atoms with Crippen molar-refractivity contribution in [2.75, 3.05) is 25.0 Å². The Morgan fingerprint density at radius 2 is 2.10 bits per heavy atom. The second-order valence-corrected chi connectivity index (χ2v) is 6.20. The van der Waals surface area contributed by atoms with E-state index in [0.717, 1.165) is 16.3 Å². The summed E-state index contributed by atoms with van der Waals surface area (Å²) in [5, 5.41) is 8.13. The minimum atomic E-state index is 0.491. The van der Waals surface area contributed by atoms with E-state index in [9.17, 15) is 0 Å². The molecule has 1 fully saturated rings. The molecule has 1 aromatic carbocycles. The van der Waals surface area contributed by atoms with E-state index in [1.807, 2.05) is 25.1 Å². The molecule has 1 aliphatic rings. The summed E-state index contributed by atoms with van der Waals surface area (Å²) in [4.78, 5) is 1.69. The second-order valence-electron chi connectivity index (χ2n) is 5.39. The van der Waals surface area contributed by atoms with E-state index in [0.29, 0.717) is 11.2 Å². The number of hydrogen-bond donors (Lipinski definition) is 3. The molecule has 3 nitrogen and oxygen atoms in total. The van der Waals surface area contributed by atoms with Gasteiger partial charge in [0.15, 0.2) is 5.11 Å². The van der Waals surface area contributed by atoms with Crippen LogP contribution in [-0.2, 0) is 0 Å². The number of rotatable bonds is 3. The van der Waals surface area contributed by atoms with Crippen molar-refractivity contribution in [3.8, 4) is 0 Å². The van der Waals surface area contributed by atoms with Gasteiger partial charge in [0.2, 0.25) is 0 Å². The number of anilines is 1. The first-order valence-corrected chi connectivity index (χ1v) is 8.05. The van der Waals surface area contributed by atoms with Crippen molar-refractivity contribution in [3.63, 3.8) is 0 Å². The van der Waals surface area contributed by atoms with Gasteiger partial charge >= 0.3 is 0 Å². The molecule has 1 aliphatic heterocycles. The third-order valence-corrected chi connectivity index (χ3v) is 4.67. The van der Waals surface area contributed by atoms with Gasteiger partial charge in [0, 0.05) is 29.6 Å². The van der Waals surface area contributed by atoms with Gasteiger partial charge in [-0.25, -0.2) is 0 Å². The largest absolute Gasteiger partial charge is 0.359 e. The van der Waals surface area contributed by atoms with Crippen LogP contribution >= 0.6 is 23.8 Å². The molecule has 2 rings (SSSR count). The van der Waals surface area contributed by atoms with Crippen LogP contribution in [0, 0.1) is 6.92 Å². The Kier molecular flexibility index (Phi) is 5.64. The van der Waals surface area contributed by atoms with Crippen molar-refractivity contribution in [1.29, 1.82) is 0 Å². The Hall–Kier alpha value is -0.840. The first-order valence-electron chi connectivity index (χ1n) is 7.26. The summed E-state index contributed by atoms with van der Waals surface area (Å²) in [6.07, 6.45) is 2.36. The minimum absolute atomic E-state index is 0.491. The molecule has 1 heterocycles. The molecular weight excluding hydrogens is 290 g/mol. The number of halogens is 1. The van der Waals surface area contributed by atoms with Crippen molar-refractivity contribution in [2.24, 2.45) is 0 Å². The molecule has 0 unspecified atom stereocenters. The van der Waals surface area contributed by atoms with Crippen LogP contribution in [-0.4, -0.2) is 30.8 Å². The Bertz CT molecular complexity index is 470. The van der Waals surface area contributed by atoms with Crippen LogP contribution in [0.2, 0.25) is 5.02 Å². The van der Waals surface area contributed by atoms with Gasteiger partial charge in [0.05, 0.1) is 19.6 Å². The predicted molar refractivity (Wildman–Crippen MR) is 89.8 cm³/mol. The van der Waals surface area contributed by atoms with Gasteiger partial charge in [-0.1, -0.05) is 17.7 Å². The lowest BCUT2D eigenvalue weighted by atomic mass is 10.1. The maximum atomic E-state index is 6.11. The summed E-state index contributed by atoms with van der Waals surface area (Å²) >= 11 is 11.5. The Labute approximate surface area is 131 Å². The third-order valence-electron chi connectivity index (χ3n) is 4.04. The Balaban J connectivity index is 1.85. The highest BCUT2D eigenvalue weighted by Gasteiger charge is 2.21. The zero-order chi connectivity index (χ0) is 14.5. The third kappa shape index (κ3) is 4.08. The smallest absolute Gasteiger partial charge is 0.171 e. The highest BCUT2D eigenvalue weighted by Crippen LogP contribution is 2.22. The van der Waals surface area contributed by atoms with Crippen molar-refractivity contribution in [2.45, 2.75) is 32.7 Å². The number of hydrogen-bond acceptors (Lipinski definition) is 1. The molecule has 110 valence electrons. The standard InChI is InChI=1S/C15H22ClN3S/c1-3-19-9-7-12(8-10-19)17-15(20)18-14-6-4-5-13(16)11(14)2/h4-6,12H,3,7-10H2,1-2H3,(H2,17,18,20)/p+1. The van der Waals surface area contributed by atoms with Gasteiger partial charge in [-0.15, -0.1) is 0 Å². The van der Waals surface area contributed by atoms with Crippen molar-refractivity contribution in [3.05, 3.63) is 28.8 Å². The molecule has 1 aromatic rings. The molecule has 0 bridgehead atoms. The van der Waals surface area contributed by atoms with E-state index in [4.69, 9.17) is 23.8 Å². The fourth-order valence-electron chi connectivity index (χ4n) is 2.61. The summed E-state index contributed by atoms with van der Waals surface area (Å²) < 4.78 is 0. The lowest BCUT2D eigenvalue weighted by Crippen LogP contribution is -3.13. The summed E-state index contributed by atoms with van der Waals surface area (Å²) in [6, 6.07) is 6.31. The maximum Gasteiger partial charge on any atom is 0.171 e. The van der Waals surface area contributed by atoms with Gasteiger partial charge in [-0.2, -0.15) is 0 Å². The molecule has 0 amide bonds. The van der Waals surface area contributed by atoms with Gasteiger partial charge in [-0.05, 0) is 43.8 Å². The van der Waals surface area contributed by atoms with Crippen LogP contribution < -0.4 is 15.5 Å². The molecule has 3 N–H and O–H groups in total. The summed E-state index contributed by atoms with van der Waals surface area (Å²) in [7, 11) is 0. The summed E-state index contributed by atoms with van der Waals surface area (Å²) in [5.74, 6) is 0. The fraction of sp³-hybridized carbons (Fsp3) is 0.533. The average Bonchev–Trinajstić information content (AvgIpc) is 2.45. The number of thiocarbonyl (C=S) groups is 1. The molecule has 5 heteroatoms. The van der Waals surface area contributed by atoms with Crippen molar-refractivity contribution < 1.29 is 4.90 Å². The lowest BCUT2D eigenvalue weighted by molar-refractivity contribution is -0.903. The number of likely N-dealkylation sites (tertiary alicyclic amines) is 1. The Morgan fingerprint density at radius 1 is 1.40 bits per heavy atom. The molecule has 0 spiro atoms. The molecule has 0 saturated carbocycles. The Morgan fingerprint density at radius 3 is 2.75 bits per heavy atom. The van der Waals surface area contributed by atoms with Crippen LogP contribution in [0.5, 0.6) is 0 Å². The second kappa shape index (κ2) is 7.25. The average molecular weight is 313 g/mol. The van der Waals surface area contributed by atoms with Gasteiger partial charge in [0.1, 0.15) is 0 Å². The number of nitrogens with one attached hydrogen (secondary N) is 3. The van der Waals surface area contributed by atoms with Crippen LogP contribution in [0.4, 0.5) is 5.69 Å². The maximum absolute atomic E-state index is 6.11. The molecular formula is C15H23ClN3S+. The summed E-state index contributed by atoms with van der Waals surface area (Å²) in [5.41, 5.74) is 2.01. The number of quaternary nitrogens is 1. The minimum Gasteiger partial charge on any atom is -0.359 e. The molecule has 1 saturated heterocycles. The quantitative estimate of drug-likeness (QED) is 0.746. The van der Waals surface area contributed by atoms with Crippen LogP contribution in [0.3, 0.4) is 0 Å². The predicted octanol–water partition coefficient (Wildman–Crippen LogP) is 2.00. The first kappa shape index (κ1) is 15.5. The molecule has 0 aliphatic carbocycles. The van der Waals surface area contributed by atoms with Gasteiger partial charge in [0.25, 0.3) is 0 Å². The molecule has 0 radical (unpaired) electrons. The monoisotopic (exact) mass is 312 g/mol.